The Balaban J connectivity index is 1.52. The van der Waals surface area contributed by atoms with Gasteiger partial charge in [0, 0.05) is 17.8 Å². The Kier molecular flexibility index (Phi) is 4.08. The van der Waals surface area contributed by atoms with Gasteiger partial charge in [-0.1, -0.05) is 36.8 Å². The number of benzene rings is 1. The fourth-order valence-electron chi connectivity index (χ4n) is 7.63. The zero-order valence-electron chi connectivity index (χ0n) is 18.4. The highest BCUT2D eigenvalue weighted by atomic mass is 16.3. The number of hydrogen-bond acceptors (Lipinski definition) is 2. The molecule has 2 nitrogen and oxygen atoms in total. The van der Waals surface area contributed by atoms with Gasteiger partial charge >= 0.3 is 0 Å². The SMILES string of the molecule is CC1(O)CCC2C3CCC4=CC(=O)CCC4=C3[C@@H](c3cccc(C4CC4)c3)CC21C. The monoisotopic (exact) mass is 402 g/mol. The van der Waals surface area contributed by atoms with Crippen LogP contribution in [0.1, 0.15) is 94.6 Å². The van der Waals surface area contributed by atoms with Crippen LogP contribution in [0.3, 0.4) is 0 Å². The minimum absolute atomic E-state index is 0.0340. The van der Waals surface area contributed by atoms with Crippen LogP contribution in [0, 0.1) is 17.3 Å². The average Bonchev–Trinajstić information content (AvgIpc) is 3.54. The highest BCUT2D eigenvalue weighted by Crippen LogP contribution is 2.66. The summed E-state index contributed by atoms with van der Waals surface area (Å²) in [6.07, 6.45) is 11.5. The van der Waals surface area contributed by atoms with E-state index >= 15 is 0 Å². The lowest BCUT2D eigenvalue weighted by molar-refractivity contribution is -0.114. The summed E-state index contributed by atoms with van der Waals surface area (Å²) in [5, 5.41) is 11.5. The Bertz CT molecular complexity index is 976. The van der Waals surface area contributed by atoms with Gasteiger partial charge < -0.3 is 5.11 Å². The van der Waals surface area contributed by atoms with Crippen LogP contribution in [0.5, 0.6) is 0 Å². The lowest BCUT2D eigenvalue weighted by Crippen LogP contribution is -2.50. The minimum Gasteiger partial charge on any atom is -0.390 e. The third-order valence-corrected chi connectivity index (χ3v) is 9.66. The molecule has 1 aromatic rings. The van der Waals surface area contributed by atoms with E-state index in [-0.39, 0.29) is 5.41 Å². The molecule has 1 N–H and O–H groups in total. The first-order valence-corrected chi connectivity index (χ1v) is 12.2. The number of hydrogen-bond donors (Lipinski definition) is 1. The lowest BCUT2D eigenvalue weighted by Gasteiger charge is -2.54. The molecule has 3 saturated carbocycles. The standard InChI is InChI=1S/C28H34O2/c1-27-16-24(19-5-3-4-18(14-19)17-6-7-17)26-22-11-9-21(29)15-20(22)8-10-23(26)25(27)12-13-28(27,2)30/h3-5,14-15,17,23-25,30H,6-13,16H2,1-2H3/t23?,24-,25?,27?,28?/m1/s1. The highest BCUT2D eigenvalue weighted by molar-refractivity contribution is 5.93. The van der Waals surface area contributed by atoms with Crippen molar-refractivity contribution in [2.75, 3.05) is 0 Å². The van der Waals surface area contributed by atoms with Crippen molar-refractivity contribution < 1.29 is 9.90 Å². The molecule has 2 heteroatoms. The van der Waals surface area contributed by atoms with Crippen LogP contribution in [0.2, 0.25) is 0 Å². The first-order chi connectivity index (χ1) is 14.4. The van der Waals surface area contributed by atoms with Crippen LogP contribution in [0.15, 0.2) is 47.1 Å². The van der Waals surface area contributed by atoms with Crippen LogP contribution in [0.25, 0.3) is 0 Å². The summed E-state index contributed by atoms with van der Waals surface area (Å²) in [6.45, 7) is 4.47. The van der Waals surface area contributed by atoms with E-state index in [1.807, 2.05) is 6.08 Å². The molecule has 3 fully saturated rings. The van der Waals surface area contributed by atoms with E-state index in [4.69, 9.17) is 0 Å². The maximum Gasteiger partial charge on any atom is 0.156 e. The van der Waals surface area contributed by atoms with Crippen molar-refractivity contribution in [1.29, 1.82) is 0 Å². The second kappa shape index (κ2) is 6.42. The van der Waals surface area contributed by atoms with Gasteiger partial charge in [0.1, 0.15) is 0 Å². The molecule has 0 aromatic heterocycles. The van der Waals surface area contributed by atoms with Crippen LogP contribution in [-0.2, 0) is 4.79 Å². The molecule has 0 heterocycles. The summed E-state index contributed by atoms with van der Waals surface area (Å²) < 4.78 is 0. The number of aliphatic hydroxyl groups is 1. The van der Waals surface area contributed by atoms with E-state index in [1.165, 1.54) is 35.1 Å². The zero-order chi connectivity index (χ0) is 20.7. The van der Waals surface area contributed by atoms with Crippen molar-refractivity contribution in [2.24, 2.45) is 17.3 Å². The van der Waals surface area contributed by atoms with Gasteiger partial charge in [-0.2, -0.15) is 0 Å². The predicted molar refractivity (Wildman–Crippen MR) is 119 cm³/mol. The average molecular weight is 403 g/mol. The highest BCUT2D eigenvalue weighted by Gasteiger charge is 2.61. The number of fused-ring (bicyclic) bond motifs is 4. The molecule has 5 atom stereocenters. The largest absolute Gasteiger partial charge is 0.390 e. The molecule has 30 heavy (non-hydrogen) atoms. The summed E-state index contributed by atoms with van der Waals surface area (Å²) >= 11 is 0. The molecule has 5 aliphatic rings. The first kappa shape index (κ1) is 19.0. The van der Waals surface area contributed by atoms with Crippen LogP contribution < -0.4 is 0 Å². The number of allylic oxidation sites excluding steroid dienone is 4. The van der Waals surface area contributed by atoms with Gasteiger partial charge in [0.25, 0.3) is 0 Å². The van der Waals surface area contributed by atoms with E-state index in [2.05, 4.69) is 38.1 Å². The van der Waals surface area contributed by atoms with Crippen LogP contribution >= 0.6 is 0 Å². The summed E-state index contributed by atoms with van der Waals surface area (Å²) in [5.41, 5.74) is 6.83. The fraction of sp³-hybridized carbons (Fsp3) is 0.607. The molecular weight excluding hydrogens is 368 g/mol. The van der Waals surface area contributed by atoms with Gasteiger partial charge in [-0.25, -0.2) is 0 Å². The first-order valence-electron chi connectivity index (χ1n) is 12.2. The molecule has 6 rings (SSSR count). The zero-order valence-corrected chi connectivity index (χ0v) is 18.4. The summed E-state index contributed by atoms with van der Waals surface area (Å²) in [7, 11) is 0. The van der Waals surface area contributed by atoms with Crippen molar-refractivity contribution in [3.05, 3.63) is 58.2 Å². The molecule has 5 aliphatic carbocycles. The van der Waals surface area contributed by atoms with Gasteiger partial charge in [0.05, 0.1) is 5.60 Å². The van der Waals surface area contributed by atoms with E-state index in [0.29, 0.717) is 30.0 Å². The number of rotatable bonds is 2. The molecule has 1 aromatic carbocycles. The molecule has 4 unspecified atom stereocenters. The second-order valence-corrected chi connectivity index (χ2v) is 11.3. The Morgan fingerprint density at radius 1 is 1.00 bits per heavy atom. The Hall–Kier alpha value is -1.67. The Morgan fingerprint density at radius 3 is 2.60 bits per heavy atom. The van der Waals surface area contributed by atoms with E-state index in [9.17, 15) is 9.90 Å². The van der Waals surface area contributed by atoms with E-state index in [1.54, 1.807) is 5.57 Å². The Morgan fingerprint density at radius 2 is 1.80 bits per heavy atom. The third-order valence-electron chi connectivity index (χ3n) is 9.66. The summed E-state index contributed by atoms with van der Waals surface area (Å²) in [5.74, 6) is 2.58. The van der Waals surface area contributed by atoms with Crippen molar-refractivity contribution >= 4 is 5.78 Å². The maximum atomic E-state index is 12.1. The summed E-state index contributed by atoms with van der Waals surface area (Å²) in [6, 6.07) is 9.38. The number of ketones is 1. The predicted octanol–water partition coefficient (Wildman–Crippen LogP) is 6.21. The minimum atomic E-state index is -0.584. The van der Waals surface area contributed by atoms with Gasteiger partial charge in [0.15, 0.2) is 5.78 Å². The third kappa shape index (κ3) is 2.68. The van der Waals surface area contributed by atoms with Gasteiger partial charge in [-0.05, 0) is 104 Å². The number of carbonyl (C=O) groups excluding carboxylic acids is 1. The Labute approximate surface area is 180 Å². The van der Waals surface area contributed by atoms with Gasteiger partial charge in [-0.3, -0.25) is 4.79 Å². The van der Waals surface area contributed by atoms with Crippen molar-refractivity contribution in [3.63, 3.8) is 0 Å². The second-order valence-electron chi connectivity index (χ2n) is 11.3. The molecule has 0 spiro atoms. The molecule has 0 radical (unpaired) electrons. The van der Waals surface area contributed by atoms with Gasteiger partial charge in [0.2, 0.25) is 0 Å². The molecule has 158 valence electrons. The topological polar surface area (TPSA) is 37.3 Å². The molecular formula is C28H34O2. The van der Waals surface area contributed by atoms with Crippen LogP contribution in [0.4, 0.5) is 0 Å². The fourth-order valence-corrected chi connectivity index (χ4v) is 7.63. The molecule has 0 bridgehead atoms. The maximum absolute atomic E-state index is 12.1. The van der Waals surface area contributed by atoms with Crippen molar-refractivity contribution in [2.45, 2.75) is 89.1 Å². The van der Waals surface area contributed by atoms with Crippen molar-refractivity contribution in [3.8, 4) is 0 Å². The van der Waals surface area contributed by atoms with E-state index in [0.717, 1.165) is 44.4 Å². The molecule has 0 aliphatic heterocycles. The normalized spacial score (nSPS) is 40.6. The smallest absolute Gasteiger partial charge is 0.156 e. The van der Waals surface area contributed by atoms with Gasteiger partial charge in [-0.15, -0.1) is 0 Å². The molecule has 0 saturated heterocycles. The number of carbonyl (C=O) groups is 1. The summed E-state index contributed by atoms with van der Waals surface area (Å²) in [4.78, 5) is 12.1. The van der Waals surface area contributed by atoms with Crippen molar-refractivity contribution in [1.82, 2.24) is 0 Å². The molecule has 0 amide bonds. The van der Waals surface area contributed by atoms with E-state index < -0.39 is 5.60 Å². The van der Waals surface area contributed by atoms with Crippen LogP contribution in [-0.4, -0.2) is 16.5 Å². The quantitative estimate of drug-likeness (QED) is 0.638. The lowest BCUT2D eigenvalue weighted by atomic mass is 9.51.